The maximum absolute atomic E-state index is 13.1. The molecule has 19 heavy (non-hydrogen) atoms. The molecule has 0 aliphatic heterocycles. The number of aromatic carboxylic acids is 1. The van der Waals surface area contributed by atoms with E-state index in [1.807, 2.05) is 0 Å². The van der Waals surface area contributed by atoms with Gasteiger partial charge in [0.2, 0.25) is 10.0 Å². The molecule has 1 aromatic carbocycles. The van der Waals surface area contributed by atoms with Crippen LogP contribution in [0.1, 0.15) is 16.8 Å². The van der Waals surface area contributed by atoms with E-state index < -0.39 is 27.4 Å². The Bertz CT molecular complexity index is 558. The highest BCUT2D eigenvalue weighted by Gasteiger charge is 2.18. The van der Waals surface area contributed by atoms with Gasteiger partial charge in [0.05, 0.1) is 10.5 Å². The Labute approximate surface area is 110 Å². The fourth-order valence-electron chi connectivity index (χ4n) is 1.34. The van der Waals surface area contributed by atoms with Gasteiger partial charge in [-0.1, -0.05) is 0 Å². The van der Waals surface area contributed by atoms with Gasteiger partial charge >= 0.3 is 5.97 Å². The van der Waals surface area contributed by atoms with Crippen LogP contribution in [0.4, 0.5) is 4.39 Å². The third kappa shape index (κ3) is 4.27. The number of nitrogens with one attached hydrogen (secondary N) is 1. The molecule has 0 atom stereocenters. The number of hydrogen-bond acceptors (Lipinski definition) is 4. The fraction of sp³-hybridized carbons (Fsp3) is 0.364. The molecule has 1 rings (SSSR count). The number of ether oxygens (including phenoxy) is 1. The summed E-state index contributed by atoms with van der Waals surface area (Å²) in [6, 6.07) is 2.61. The Morgan fingerprint density at radius 3 is 2.74 bits per heavy atom. The number of methoxy groups -OCH3 is 1. The third-order valence-electron chi connectivity index (χ3n) is 2.30. The summed E-state index contributed by atoms with van der Waals surface area (Å²) in [6.07, 6.45) is 0.475. The average Bonchev–Trinajstić information content (AvgIpc) is 2.34. The fourth-order valence-corrected chi connectivity index (χ4v) is 2.44. The Balaban J connectivity index is 2.89. The molecule has 0 heterocycles. The van der Waals surface area contributed by atoms with E-state index in [9.17, 15) is 17.6 Å². The van der Waals surface area contributed by atoms with Gasteiger partial charge < -0.3 is 9.84 Å². The van der Waals surface area contributed by atoms with Crippen molar-refractivity contribution >= 4 is 16.0 Å². The zero-order valence-corrected chi connectivity index (χ0v) is 11.0. The molecule has 2 N–H and O–H groups in total. The molecular formula is C11H14FNO5S. The van der Waals surface area contributed by atoms with Crippen LogP contribution in [0.15, 0.2) is 23.1 Å². The molecule has 0 spiro atoms. The molecule has 0 saturated carbocycles. The van der Waals surface area contributed by atoms with Crippen molar-refractivity contribution in [3.8, 4) is 0 Å². The highest BCUT2D eigenvalue weighted by Crippen LogP contribution is 2.15. The summed E-state index contributed by atoms with van der Waals surface area (Å²) in [4.78, 5) is 10.4. The van der Waals surface area contributed by atoms with Crippen LogP contribution in [0.5, 0.6) is 0 Å². The van der Waals surface area contributed by atoms with E-state index in [1.165, 1.54) is 7.11 Å². The van der Waals surface area contributed by atoms with Crippen molar-refractivity contribution in [1.82, 2.24) is 4.72 Å². The monoisotopic (exact) mass is 291 g/mol. The van der Waals surface area contributed by atoms with Crippen LogP contribution in [-0.2, 0) is 14.8 Å². The first-order chi connectivity index (χ1) is 8.88. The molecule has 0 fully saturated rings. The second-order valence-electron chi connectivity index (χ2n) is 3.69. The Kier molecular flexibility index (Phi) is 5.40. The van der Waals surface area contributed by atoms with Crippen LogP contribution < -0.4 is 4.72 Å². The van der Waals surface area contributed by atoms with Crippen LogP contribution in [0.3, 0.4) is 0 Å². The number of hydrogen-bond donors (Lipinski definition) is 2. The molecule has 0 aliphatic rings. The molecular weight excluding hydrogens is 277 g/mol. The zero-order valence-electron chi connectivity index (χ0n) is 10.2. The van der Waals surface area contributed by atoms with Crippen molar-refractivity contribution in [1.29, 1.82) is 0 Å². The second kappa shape index (κ2) is 6.60. The van der Waals surface area contributed by atoms with Gasteiger partial charge in [-0.2, -0.15) is 0 Å². The smallest absolute Gasteiger partial charge is 0.338 e. The maximum atomic E-state index is 13.1. The molecule has 0 unspecified atom stereocenters. The molecule has 8 heteroatoms. The highest BCUT2D eigenvalue weighted by atomic mass is 32.2. The molecule has 0 bridgehead atoms. The van der Waals surface area contributed by atoms with Gasteiger partial charge in [-0.15, -0.1) is 0 Å². The van der Waals surface area contributed by atoms with Crippen LogP contribution in [0, 0.1) is 5.82 Å². The van der Waals surface area contributed by atoms with E-state index in [0.717, 1.165) is 18.2 Å². The minimum absolute atomic E-state index is 0.149. The number of sulfonamides is 1. The average molecular weight is 291 g/mol. The number of halogens is 1. The van der Waals surface area contributed by atoms with Crippen LogP contribution in [0.25, 0.3) is 0 Å². The lowest BCUT2D eigenvalue weighted by atomic mass is 10.2. The summed E-state index contributed by atoms with van der Waals surface area (Å²) in [5.74, 6) is -2.50. The summed E-state index contributed by atoms with van der Waals surface area (Å²) in [5.41, 5.74) is -0.681. The van der Waals surface area contributed by atoms with E-state index in [1.54, 1.807) is 0 Å². The van der Waals surface area contributed by atoms with Gasteiger partial charge in [-0.05, 0) is 24.6 Å². The van der Waals surface area contributed by atoms with Crippen molar-refractivity contribution in [2.45, 2.75) is 11.3 Å². The lowest BCUT2D eigenvalue weighted by molar-refractivity contribution is 0.0691. The molecule has 0 radical (unpaired) electrons. The molecule has 6 nitrogen and oxygen atoms in total. The number of rotatable bonds is 7. The normalized spacial score (nSPS) is 11.5. The number of carboxylic acids is 1. The van der Waals surface area contributed by atoms with E-state index in [2.05, 4.69) is 4.72 Å². The maximum Gasteiger partial charge on any atom is 0.338 e. The first-order valence-corrected chi connectivity index (χ1v) is 6.88. The summed E-state index contributed by atoms with van der Waals surface area (Å²) < 4.78 is 43.8. The van der Waals surface area contributed by atoms with Gasteiger partial charge in [0.1, 0.15) is 5.82 Å². The van der Waals surface area contributed by atoms with Gasteiger partial charge in [-0.3, -0.25) is 0 Å². The third-order valence-corrected chi connectivity index (χ3v) is 3.75. The predicted molar refractivity (Wildman–Crippen MR) is 65.0 cm³/mol. The van der Waals surface area contributed by atoms with Crippen LogP contribution in [-0.4, -0.2) is 39.8 Å². The van der Waals surface area contributed by atoms with Gasteiger partial charge in [0, 0.05) is 20.3 Å². The molecule has 0 amide bonds. The summed E-state index contributed by atoms with van der Waals surface area (Å²) in [5, 5.41) is 8.73. The zero-order chi connectivity index (χ0) is 14.5. The lowest BCUT2D eigenvalue weighted by Crippen LogP contribution is -2.25. The summed E-state index contributed by atoms with van der Waals surface area (Å²) >= 11 is 0. The van der Waals surface area contributed by atoms with Crippen molar-refractivity contribution in [2.75, 3.05) is 20.3 Å². The molecule has 0 aromatic heterocycles. The highest BCUT2D eigenvalue weighted by molar-refractivity contribution is 7.89. The topological polar surface area (TPSA) is 92.7 Å². The van der Waals surface area contributed by atoms with Crippen LogP contribution >= 0.6 is 0 Å². The van der Waals surface area contributed by atoms with Crippen LogP contribution in [0.2, 0.25) is 0 Å². The van der Waals surface area contributed by atoms with Crippen molar-refractivity contribution in [2.24, 2.45) is 0 Å². The minimum atomic E-state index is -3.85. The van der Waals surface area contributed by atoms with E-state index in [0.29, 0.717) is 13.0 Å². The largest absolute Gasteiger partial charge is 0.478 e. The first kappa shape index (κ1) is 15.5. The van der Waals surface area contributed by atoms with Gasteiger partial charge in [0.15, 0.2) is 0 Å². The Morgan fingerprint density at radius 1 is 1.47 bits per heavy atom. The van der Waals surface area contributed by atoms with Crippen molar-refractivity contribution < 1.29 is 27.4 Å². The summed E-state index contributed by atoms with van der Waals surface area (Å²) in [7, 11) is -2.36. The Morgan fingerprint density at radius 2 is 2.16 bits per heavy atom. The van der Waals surface area contributed by atoms with Gasteiger partial charge in [-0.25, -0.2) is 22.3 Å². The van der Waals surface area contributed by atoms with E-state index in [-0.39, 0.29) is 11.4 Å². The van der Waals surface area contributed by atoms with Crippen molar-refractivity contribution in [3.63, 3.8) is 0 Å². The SMILES string of the molecule is COCCCNS(=O)(=O)c1ccc(F)c(C(=O)O)c1. The predicted octanol–water partition coefficient (Wildman–Crippen LogP) is 0.839. The lowest BCUT2D eigenvalue weighted by Gasteiger charge is -2.07. The summed E-state index contributed by atoms with van der Waals surface area (Å²) in [6.45, 7) is 0.544. The van der Waals surface area contributed by atoms with E-state index >= 15 is 0 Å². The molecule has 106 valence electrons. The first-order valence-electron chi connectivity index (χ1n) is 5.40. The minimum Gasteiger partial charge on any atom is -0.478 e. The molecule has 0 saturated heterocycles. The van der Waals surface area contributed by atoms with E-state index in [4.69, 9.17) is 9.84 Å². The van der Waals surface area contributed by atoms with Crippen molar-refractivity contribution in [3.05, 3.63) is 29.6 Å². The second-order valence-corrected chi connectivity index (χ2v) is 5.46. The van der Waals surface area contributed by atoms with Gasteiger partial charge in [0.25, 0.3) is 0 Å². The molecule has 0 aliphatic carbocycles. The number of carbonyl (C=O) groups is 1. The quantitative estimate of drug-likeness (QED) is 0.726. The molecule has 1 aromatic rings. The number of benzene rings is 1. The number of carboxylic acid groups (broad SMARTS) is 1. The standard InChI is InChI=1S/C11H14FNO5S/c1-18-6-2-5-13-19(16,17)8-3-4-10(12)9(7-8)11(14)15/h3-4,7,13H,2,5-6H2,1H3,(H,14,15). The Hall–Kier alpha value is -1.51.